The summed E-state index contributed by atoms with van der Waals surface area (Å²) in [4.78, 5) is 4.41. The van der Waals surface area contributed by atoms with Gasteiger partial charge in [-0.05, 0) is 12.1 Å². The van der Waals surface area contributed by atoms with Gasteiger partial charge in [0.05, 0.1) is 0 Å². The van der Waals surface area contributed by atoms with Gasteiger partial charge in [0.25, 0.3) is 0 Å². The van der Waals surface area contributed by atoms with Gasteiger partial charge in [-0.3, -0.25) is 4.98 Å². The van der Waals surface area contributed by atoms with Crippen LogP contribution in [0.5, 0.6) is 0 Å². The molecule has 5 heteroatoms. The quantitative estimate of drug-likeness (QED) is 0.572. The molecule has 1 aromatic heterocycles. The maximum Gasteiger partial charge on any atom is 0.0419 e. The van der Waals surface area contributed by atoms with Crippen LogP contribution >= 0.6 is 0 Å². The normalized spacial score (nSPS) is 23.3. The second-order valence-electron chi connectivity index (χ2n) is 4.88. The van der Waals surface area contributed by atoms with E-state index in [0.717, 1.165) is 57.9 Å². The van der Waals surface area contributed by atoms with Crippen LogP contribution in [-0.4, -0.2) is 56.8 Å². The third kappa shape index (κ3) is 6.11. The van der Waals surface area contributed by atoms with Gasteiger partial charge in [-0.15, -0.1) is 0 Å². The zero-order valence-electron chi connectivity index (χ0n) is 11.5. The zero-order valence-corrected chi connectivity index (χ0v) is 11.5. The number of pyridine rings is 1. The first-order chi connectivity index (χ1) is 9.45. The van der Waals surface area contributed by atoms with Gasteiger partial charge in [0.15, 0.2) is 0 Å². The van der Waals surface area contributed by atoms with Crippen molar-refractivity contribution in [3.8, 4) is 0 Å². The molecule has 0 saturated carbocycles. The van der Waals surface area contributed by atoms with E-state index in [9.17, 15) is 0 Å². The van der Waals surface area contributed by atoms with Gasteiger partial charge in [0, 0.05) is 70.2 Å². The van der Waals surface area contributed by atoms with Gasteiger partial charge in [-0.1, -0.05) is 6.07 Å². The first kappa shape index (κ1) is 14.4. The third-order valence-electron chi connectivity index (χ3n) is 3.26. The highest BCUT2D eigenvalue weighted by molar-refractivity contribution is 5.05. The Morgan fingerprint density at radius 3 is 2.42 bits per heavy atom. The highest BCUT2D eigenvalue weighted by Crippen LogP contribution is 1.98. The van der Waals surface area contributed by atoms with Gasteiger partial charge in [-0.2, -0.15) is 0 Å². The molecule has 0 radical (unpaired) electrons. The number of hydrogen-bond donors (Lipinski definition) is 4. The molecule has 5 nitrogen and oxygen atoms in total. The first-order valence-electron chi connectivity index (χ1n) is 7.20. The number of nitrogens with one attached hydrogen (secondary N) is 4. The Labute approximate surface area is 115 Å². The average molecular weight is 263 g/mol. The Kier molecular flexibility index (Phi) is 6.81. The molecule has 0 spiro atoms. The van der Waals surface area contributed by atoms with Crippen molar-refractivity contribution in [2.24, 2.45) is 0 Å². The van der Waals surface area contributed by atoms with Crippen molar-refractivity contribution in [2.45, 2.75) is 12.5 Å². The Balaban J connectivity index is 1.81. The van der Waals surface area contributed by atoms with Crippen LogP contribution in [0.4, 0.5) is 0 Å². The molecule has 1 aliphatic rings. The maximum absolute atomic E-state index is 4.41. The summed E-state index contributed by atoms with van der Waals surface area (Å²) >= 11 is 0. The zero-order chi connectivity index (χ0) is 13.2. The van der Waals surface area contributed by atoms with E-state index >= 15 is 0 Å². The summed E-state index contributed by atoms with van der Waals surface area (Å²) in [6, 6.07) is 6.55. The SMILES string of the molecule is c1ccc(CC2CNCCNCCNCCN2)nc1. The van der Waals surface area contributed by atoms with Crippen LogP contribution in [0.3, 0.4) is 0 Å². The van der Waals surface area contributed by atoms with E-state index in [1.54, 1.807) is 0 Å². The van der Waals surface area contributed by atoms with Crippen LogP contribution in [0.1, 0.15) is 5.69 Å². The van der Waals surface area contributed by atoms with E-state index in [1.165, 1.54) is 0 Å². The van der Waals surface area contributed by atoms with Crippen LogP contribution in [0.2, 0.25) is 0 Å². The molecule has 1 saturated heterocycles. The molecule has 1 aliphatic heterocycles. The first-order valence-corrected chi connectivity index (χ1v) is 7.20. The molecular weight excluding hydrogens is 238 g/mol. The third-order valence-corrected chi connectivity index (χ3v) is 3.26. The minimum atomic E-state index is 0.441. The van der Waals surface area contributed by atoms with Crippen LogP contribution in [0, 0.1) is 0 Å². The highest BCUT2D eigenvalue weighted by Gasteiger charge is 2.09. The van der Waals surface area contributed by atoms with E-state index in [2.05, 4.69) is 38.4 Å². The molecule has 2 heterocycles. The van der Waals surface area contributed by atoms with Crippen molar-refractivity contribution in [3.63, 3.8) is 0 Å². The molecule has 19 heavy (non-hydrogen) atoms. The molecule has 1 atom stereocenters. The fraction of sp³-hybridized carbons (Fsp3) is 0.643. The second kappa shape index (κ2) is 8.98. The molecule has 4 N–H and O–H groups in total. The number of rotatable bonds is 2. The number of nitrogens with zero attached hydrogens (tertiary/aromatic N) is 1. The van der Waals surface area contributed by atoms with E-state index in [1.807, 2.05) is 12.3 Å². The minimum Gasteiger partial charge on any atom is -0.314 e. The summed E-state index contributed by atoms with van der Waals surface area (Å²) in [5.74, 6) is 0. The van der Waals surface area contributed by atoms with E-state index in [-0.39, 0.29) is 0 Å². The number of hydrogen-bond acceptors (Lipinski definition) is 5. The molecule has 106 valence electrons. The molecule has 1 unspecified atom stereocenters. The predicted molar refractivity (Wildman–Crippen MR) is 78.3 cm³/mol. The van der Waals surface area contributed by atoms with Crippen molar-refractivity contribution in [1.29, 1.82) is 0 Å². The van der Waals surface area contributed by atoms with Gasteiger partial charge in [-0.25, -0.2) is 0 Å². The monoisotopic (exact) mass is 263 g/mol. The van der Waals surface area contributed by atoms with Gasteiger partial charge >= 0.3 is 0 Å². The van der Waals surface area contributed by atoms with Crippen LogP contribution in [0.25, 0.3) is 0 Å². The molecule has 0 amide bonds. The minimum absolute atomic E-state index is 0.441. The van der Waals surface area contributed by atoms with Crippen LogP contribution in [-0.2, 0) is 6.42 Å². The van der Waals surface area contributed by atoms with Crippen molar-refractivity contribution >= 4 is 0 Å². The van der Waals surface area contributed by atoms with Crippen molar-refractivity contribution < 1.29 is 0 Å². The Hall–Kier alpha value is -1.01. The molecule has 1 fully saturated rings. The lowest BCUT2D eigenvalue weighted by Crippen LogP contribution is -2.46. The molecule has 1 aromatic rings. The lowest BCUT2D eigenvalue weighted by molar-refractivity contribution is 0.448. The molecular formula is C14H25N5. The van der Waals surface area contributed by atoms with E-state index in [4.69, 9.17) is 0 Å². The summed E-state index contributed by atoms with van der Waals surface area (Å²) in [7, 11) is 0. The largest absolute Gasteiger partial charge is 0.314 e. The molecule has 2 rings (SSSR count). The lowest BCUT2D eigenvalue weighted by Gasteiger charge is -2.20. The average Bonchev–Trinajstić information content (AvgIpc) is 2.43. The van der Waals surface area contributed by atoms with Crippen molar-refractivity contribution in [1.82, 2.24) is 26.3 Å². The van der Waals surface area contributed by atoms with Crippen molar-refractivity contribution in [3.05, 3.63) is 30.1 Å². The lowest BCUT2D eigenvalue weighted by atomic mass is 10.1. The van der Waals surface area contributed by atoms with Crippen LogP contribution < -0.4 is 21.3 Å². The Morgan fingerprint density at radius 2 is 1.68 bits per heavy atom. The molecule has 0 aliphatic carbocycles. The molecule has 0 bridgehead atoms. The predicted octanol–water partition coefficient (Wildman–Crippen LogP) is -0.635. The summed E-state index contributed by atoms with van der Waals surface area (Å²) < 4.78 is 0. The summed E-state index contributed by atoms with van der Waals surface area (Å²) in [6.07, 6.45) is 2.84. The topological polar surface area (TPSA) is 61.0 Å². The standard InChI is InChI=1S/C14H25N5/c1-2-4-18-13(3-1)11-14-12-17-8-7-15-5-6-16-9-10-19-14/h1-4,14-17,19H,5-12H2. The summed E-state index contributed by atoms with van der Waals surface area (Å²) in [5.41, 5.74) is 1.15. The second-order valence-corrected chi connectivity index (χ2v) is 4.88. The van der Waals surface area contributed by atoms with Gasteiger partial charge in [0.2, 0.25) is 0 Å². The van der Waals surface area contributed by atoms with Crippen LogP contribution in [0.15, 0.2) is 24.4 Å². The number of aromatic nitrogens is 1. The van der Waals surface area contributed by atoms with Crippen molar-refractivity contribution in [2.75, 3.05) is 45.8 Å². The fourth-order valence-corrected chi connectivity index (χ4v) is 2.23. The van der Waals surface area contributed by atoms with E-state index in [0.29, 0.717) is 6.04 Å². The maximum atomic E-state index is 4.41. The summed E-state index contributed by atoms with van der Waals surface area (Å²) in [5, 5.41) is 13.9. The fourth-order valence-electron chi connectivity index (χ4n) is 2.23. The van der Waals surface area contributed by atoms with Gasteiger partial charge in [0.1, 0.15) is 0 Å². The Morgan fingerprint density at radius 1 is 0.947 bits per heavy atom. The summed E-state index contributed by atoms with van der Waals surface area (Å²) in [6.45, 7) is 7.11. The highest BCUT2D eigenvalue weighted by atomic mass is 15.0. The van der Waals surface area contributed by atoms with Gasteiger partial charge < -0.3 is 21.3 Å². The smallest absolute Gasteiger partial charge is 0.0419 e. The Bertz CT molecular complexity index is 318. The van der Waals surface area contributed by atoms with E-state index < -0.39 is 0 Å². The molecule has 0 aromatic carbocycles.